The second-order valence-corrected chi connectivity index (χ2v) is 2.53. The largest absolute Gasteiger partial charge is 0.460 e. The Morgan fingerprint density at radius 2 is 2.08 bits per heavy atom. The van der Waals surface area contributed by atoms with E-state index in [1.54, 1.807) is 0 Å². The molecule has 4 heteroatoms. The maximum absolute atomic E-state index is 11.5. The van der Waals surface area contributed by atoms with Crippen LogP contribution in [0.25, 0.3) is 0 Å². The monoisotopic (exact) mass is 180 g/mol. The minimum absolute atomic E-state index is 0.251. The molecule has 0 bridgehead atoms. The van der Waals surface area contributed by atoms with Crippen LogP contribution in [0.2, 0.25) is 0 Å². The van der Waals surface area contributed by atoms with Gasteiger partial charge in [-0.15, -0.1) is 0 Å². The Morgan fingerprint density at radius 1 is 1.42 bits per heavy atom. The zero-order chi connectivity index (χ0) is 9.40. The fourth-order valence-corrected chi connectivity index (χ4v) is 0.747. The normalized spacial score (nSPS) is 10.3. The minimum atomic E-state index is -2.56. The molecule has 72 valence electrons. The van der Waals surface area contributed by atoms with Crippen LogP contribution in [0.3, 0.4) is 0 Å². The Labute approximate surface area is 70.9 Å². The molecule has 0 aromatic carbocycles. The molecule has 12 heavy (non-hydrogen) atoms. The molecule has 0 aromatic heterocycles. The van der Waals surface area contributed by atoms with Crippen LogP contribution in [0.4, 0.5) is 8.78 Å². The van der Waals surface area contributed by atoms with Crippen molar-refractivity contribution in [2.24, 2.45) is 0 Å². The maximum Gasteiger partial charge on any atom is 0.305 e. The maximum atomic E-state index is 11.5. The summed E-state index contributed by atoms with van der Waals surface area (Å²) in [5.74, 6) is -0.524. The highest BCUT2D eigenvalue weighted by Gasteiger charge is 2.07. The molecule has 0 radical (unpaired) electrons. The highest BCUT2D eigenvalue weighted by Crippen LogP contribution is 2.01. The van der Waals surface area contributed by atoms with E-state index in [9.17, 15) is 13.6 Å². The molecule has 0 spiro atoms. The van der Waals surface area contributed by atoms with Gasteiger partial charge in [-0.05, 0) is 6.42 Å². The first kappa shape index (κ1) is 11.3. The third kappa shape index (κ3) is 7.44. The topological polar surface area (TPSA) is 26.3 Å². The number of unbranched alkanes of at least 4 members (excludes halogenated alkanes) is 2. The summed E-state index contributed by atoms with van der Waals surface area (Å²) in [7, 11) is 0. The summed E-state index contributed by atoms with van der Waals surface area (Å²) in [6.45, 7) is 1.23. The van der Waals surface area contributed by atoms with Gasteiger partial charge in [0, 0.05) is 6.42 Å². The van der Waals surface area contributed by atoms with E-state index >= 15 is 0 Å². The van der Waals surface area contributed by atoms with E-state index in [-0.39, 0.29) is 6.42 Å². The van der Waals surface area contributed by atoms with Gasteiger partial charge in [0.05, 0.1) is 0 Å². The highest BCUT2D eigenvalue weighted by molar-refractivity contribution is 5.69. The van der Waals surface area contributed by atoms with Crippen molar-refractivity contribution < 1.29 is 18.3 Å². The predicted molar refractivity (Wildman–Crippen MR) is 41.1 cm³/mol. The van der Waals surface area contributed by atoms with Gasteiger partial charge in [0.25, 0.3) is 6.43 Å². The first-order valence-corrected chi connectivity index (χ1v) is 4.10. The summed E-state index contributed by atoms with van der Waals surface area (Å²) in [5, 5.41) is 0. The number of ether oxygens (including phenoxy) is 1. The standard InChI is InChI=1S/C8H14F2O2/c1-2-3-4-5-8(11)12-6-7(9)10/h7H,2-6H2,1H3. The second kappa shape index (κ2) is 7.00. The number of hydrogen-bond donors (Lipinski definition) is 0. The van der Waals surface area contributed by atoms with Crippen molar-refractivity contribution in [1.29, 1.82) is 0 Å². The Balaban J connectivity index is 3.22. The number of carbonyl (C=O) groups excluding carboxylic acids is 1. The van der Waals surface area contributed by atoms with Gasteiger partial charge in [0.2, 0.25) is 0 Å². The van der Waals surface area contributed by atoms with Gasteiger partial charge in [-0.2, -0.15) is 0 Å². The fraction of sp³-hybridized carbons (Fsp3) is 0.875. The number of hydrogen-bond acceptors (Lipinski definition) is 2. The summed E-state index contributed by atoms with van der Waals surface area (Å²) in [5.41, 5.74) is 0. The quantitative estimate of drug-likeness (QED) is 0.463. The van der Waals surface area contributed by atoms with Gasteiger partial charge >= 0.3 is 5.97 Å². The summed E-state index contributed by atoms with van der Waals surface area (Å²) in [6.07, 6.45) is 0.352. The number of alkyl halides is 2. The van der Waals surface area contributed by atoms with Crippen molar-refractivity contribution in [2.75, 3.05) is 6.61 Å². The van der Waals surface area contributed by atoms with Crippen LogP contribution in [0.1, 0.15) is 32.6 Å². The molecule has 0 aromatic rings. The van der Waals surface area contributed by atoms with Crippen molar-refractivity contribution in [3.8, 4) is 0 Å². The van der Waals surface area contributed by atoms with Crippen molar-refractivity contribution in [2.45, 2.75) is 39.0 Å². The van der Waals surface area contributed by atoms with Gasteiger partial charge in [0.1, 0.15) is 0 Å². The Kier molecular flexibility index (Phi) is 6.61. The van der Waals surface area contributed by atoms with Gasteiger partial charge in [0.15, 0.2) is 6.61 Å². The summed E-state index contributed by atoms with van der Waals surface area (Å²) < 4.78 is 27.3. The van der Waals surface area contributed by atoms with Crippen molar-refractivity contribution in [3.05, 3.63) is 0 Å². The fourth-order valence-electron chi connectivity index (χ4n) is 0.747. The predicted octanol–water partition coefficient (Wildman–Crippen LogP) is 2.38. The average Bonchev–Trinajstić information content (AvgIpc) is 2.01. The van der Waals surface area contributed by atoms with E-state index in [4.69, 9.17) is 0 Å². The summed E-state index contributed by atoms with van der Waals surface area (Å²) >= 11 is 0. The number of esters is 1. The van der Waals surface area contributed by atoms with E-state index in [0.717, 1.165) is 19.3 Å². The molecule has 0 aliphatic heterocycles. The molecule has 0 saturated carbocycles. The summed E-state index contributed by atoms with van der Waals surface area (Å²) in [6, 6.07) is 0. The van der Waals surface area contributed by atoms with Crippen LogP contribution in [-0.4, -0.2) is 19.0 Å². The lowest BCUT2D eigenvalue weighted by molar-refractivity contribution is -0.147. The summed E-state index contributed by atoms with van der Waals surface area (Å²) in [4.78, 5) is 10.7. The molecule has 0 fully saturated rings. The van der Waals surface area contributed by atoms with E-state index < -0.39 is 19.0 Å². The molecule has 0 amide bonds. The van der Waals surface area contributed by atoms with Crippen LogP contribution in [0.5, 0.6) is 0 Å². The first-order valence-electron chi connectivity index (χ1n) is 4.10. The van der Waals surface area contributed by atoms with Crippen LogP contribution in [0.15, 0.2) is 0 Å². The van der Waals surface area contributed by atoms with Gasteiger partial charge in [-0.3, -0.25) is 4.79 Å². The zero-order valence-electron chi connectivity index (χ0n) is 7.19. The highest BCUT2D eigenvalue weighted by atomic mass is 19.3. The van der Waals surface area contributed by atoms with Crippen LogP contribution in [0, 0.1) is 0 Å². The number of carbonyl (C=O) groups is 1. The third-order valence-corrected chi connectivity index (χ3v) is 1.35. The number of halogens is 2. The molecule has 0 unspecified atom stereocenters. The molecular weight excluding hydrogens is 166 g/mol. The lowest BCUT2D eigenvalue weighted by Gasteiger charge is -2.02. The molecule has 0 N–H and O–H groups in total. The number of rotatable bonds is 6. The van der Waals surface area contributed by atoms with E-state index in [1.165, 1.54) is 0 Å². The Morgan fingerprint density at radius 3 is 2.58 bits per heavy atom. The van der Waals surface area contributed by atoms with Crippen LogP contribution in [-0.2, 0) is 9.53 Å². The minimum Gasteiger partial charge on any atom is -0.460 e. The SMILES string of the molecule is CCCCCC(=O)OCC(F)F. The van der Waals surface area contributed by atoms with Gasteiger partial charge in [-0.25, -0.2) is 8.78 Å². The molecular formula is C8H14F2O2. The third-order valence-electron chi connectivity index (χ3n) is 1.35. The van der Waals surface area contributed by atoms with Gasteiger partial charge < -0.3 is 4.74 Å². The lowest BCUT2D eigenvalue weighted by atomic mass is 10.2. The van der Waals surface area contributed by atoms with E-state index in [2.05, 4.69) is 4.74 Å². The molecule has 0 aliphatic rings. The van der Waals surface area contributed by atoms with Gasteiger partial charge in [-0.1, -0.05) is 19.8 Å². The van der Waals surface area contributed by atoms with Crippen molar-refractivity contribution in [1.82, 2.24) is 0 Å². The first-order chi connectivity index (χ1) is 5.66. The molecule has 0 atom stereocenters. The molecule has 2 nitrogen and oxygen atoms in total. The Bertz CT molecular complexity index is 126. The van der Waals surface area contributed by atoms with Crippen molar-refractivity contribution >= 4 is 5.97 Å². The molecule has 0 heterocycles. The lowest BCUT2D eigenvalue weighted by Crippen LogP contribution is -2.10. The average molecular weight is 180 g/mol. The van der Waals surface area contributed by atoms with E-state index in [1.807, 2.05) is 6.92 Å². The zero-order valence-corrected chi connectivity index (χ0v) is 7.19. The smallest absolute Gasteiger partial charge is 0.305 e. The van der Waals surface area contributed by atoms with Crippen molar-refractivity contribution in [3.63, 3.8) is 0 Å². The molecule has 0 aliphatic carbocycles. The molecule has 0 rings (SSSR count). The molecule has 0 saturated heterocycles. The van der Waals surface area contributed by atoms with Crippen LogP contribution < -0.4 is 0 Å². The van der Waals surface area contributed by atoms with E-state index in [0.29, 0.717) is 0 Å². The van der Waals surface area contributed by atoms with Crippen LogP contribution >= 0.6 is 0 Å². The second-order valence-electron chi connectivity index (χ2n) is 2.53. The Hall–Kier alpha value is -0.670.